The Hall–Kier alpha value is -2.44. The number of carboxylic acid groups (broad SMARTS) is 1. The fourth-order valence-electron chi connectivity index (χ4n) is 3.12. The first-order valence-corrected chi connectivity index (χ1v) is 8.73. The third kappa shape index (κ3) is 2.77. The molecule has 0 saturated heterocycles. The Labute approximate surface area is 144 Å². The normalized spacial score (nSPS) is 18.5. The molecule has 2 N–H and O–H groups in total. The first-order chi connectivity index (χ1) is 11.9. The summed E-state index contributed by atoms with van der Waals surface area (Å²) in [7, 11) is 0. The van der Waals surface area contributed by atoms with Crippen molar-refractivity contribution in [2.24, 2.45) is 5.41 Å². The average molecular weight is 343 g/mol. The number of carboxylic acids is 1. The van der Waals surface area contributed by atoms with Gasteiger partial charge < -0.3 is 14.9 Å². The number of nitrogens with one attached hydrogen (secondary N) is 1. The molecule has 2 aromatic rings. The van der Waals surface area contributed by atoms with Gasteiger partial charge in [-0.1, -0.05) is 19.0 Å². The number of fused-ring (bicyclic) bond motifs is 1. The minimum absolute atomic E-state index is 0.0927. The van der Waals surface area contributed by atoms with Gasteiger partial charge in [0.2, 0.25) is 0 Å². The molecule has 132 valence electrons. The van der Waals surface area contributed by atoms with E-state index in [2.05, 4.69) is 15.5 Å². The van der Waals surface area contributed by atoms with Gasteiger partial charge >= 0.3 is 5.97 Å². The summed E-state index contributed by atoms with van der Waals surface area (Å²) in [6.07, 6.45) is 3.33. The van der Waals surface area contributed by atoms with Crippen LogP contribution in [-0.2, 0) is 4.79 Å². The smallest absolute Gasteiger partial charge is 0.311 e. The van der Waals surface area contributed by atoms with E-state index in [0.717, 1.165) is 18.5 Å². The van der Waals surface area contributed by atoms with E-state index in [1.54, 1.807) is 0 Å². The highest BCUT2D eigenvalue weighted by molar-refractivity contribution is 6.06. The Morgan fingerprint density at radius 2 is 2.12 bits per heavy atom. The Kier molecular flexibility index (Phi) is 3.56. The van der Waals surface area contributed by atoms with E-state index in [1.807, 2.05) is 19.9 Å². The van der Waals surface area contributed by atoms with Crippen molar-refractivity contribution in [1.82, 2.24) is 15.5 Å². The predicted octanol–water partition coefficient (Wildman–Crippen LogP) is 2.82. The lowest BCUT2D eigenvalue weighted by Gasteiger charge is -2.12. The minimum Gasteiger partial charge on any atom is -0.481 e. The molecule has 2 aliphatic rings. The third-order valence-electron chi connectivity index (χ3n) is 5.17. The lowest BCUT2D eigenvalue weighted by molar-refractivity contribution is -0.143. The molecule has 0 bridgehead atoms. The highest BCUT2D eigenvalue weighted by Gasteiger charge is 2.50. The van der Waals surface area contributed by atoms with Gasteiger partial charge in [0.1, 0.15) is 0 Å². The second-order valence-electron chi connectivity index (χ2n) is 7.54. The van der Waals surface area contributed by atoms with Gasteiger partial charge in [0, 0.05) is 18.2 Å². The average Bonchev–Trinajstić information content (AvgIpc) is 3.48. The van der Waals surface area contributed by atoms with Gasteiger partial charge in [-0.3, -0.25) is 9.59 Å². The van der Waals surface area contributed by atoms with E-state index in [1.165, 1.54) is 0 Å². The Balaban J connectivity index is 1.69. The summed E-state index contributed by atoms with van der Waals surface area (Å²) in [5.41, 5.74) is 1.63. The van der Waals surface area contributed by atoms with Gasteiger partial charge in [-0.2, -0.15) is 0 Å². The Morgan fingerprint density at radius 3 is 2.68 bits per heavy atom. The molecule has 0 radical (unpaired) electrons. The molecule has 2 aliphatic carbocycles. The first-order valence-electron chi connectivity index (χ1n) is 8.73. The zero-order valence-corrected chi connectivity index (χ0v) is 14.3. The molecular formula is C18H21N3O4. The van der Waals surface area contributed by atoms with Crippen LogP contribution >= 0.6 is 0 Å². The van der Waals surface area contributed by atoms with Crippen LogP contribution in [0.5, 0.6) is 0 Å². The molecule has 0 aromatic carbocycles. The van der Waals surface area contributed by atoms with Crippen LogP contribution in [0.25, 0.3) is 11.1 Å². The molecule has 2 heterocycles. The number of hydrogen-bond acceptors (Lipinski definition) is 5. The molecule has 2 saturated carbocycles. The summed E-state index contributed by atoms with van der Waals surface area (Å²) >= 11 is 0. The second-order valence-corrected chi connectivity index (χ2v) is 7.54. The van der Waals surface area contributed by atoms with E-state index < -0.39 is 11.4 Å². The molecule has 0 atom stereocenters. The highest BCUT2D eigenvalue weighted by Crippen LogP contribution is 2.45. The second kappa shape index (κ2) is 5.54. The minimum atomic E-state index is -0.848. The van der Waals surface area contributed by atoms with Crippen LogP contribution in [0.2, 0.25) is 0 Å². The van der Waals surface area contributed by atoms with Gasteiger partial charge in [0.25, 0.3) is 11.6 Å². The monoisotopic (exact) mass is 343 g/mol. The zero-order valence-electron chi connectivity index (χ0n) is 14.3. The van der Waals surface area contributed by atoms with Crippen LogP contribution in [0.15, 0.2) is 10.6 Å². The number of nitrogens with zero attached hydrogens (tertiary/aromatic N) is 2. The van der Waals surface area contributed by atoms with E-state index in [-0.39, 0.29) is 18.4 Å². The molecule has 0 aliphatic heterocycles. The number of carbonyl (C=O) groups excluding carboxylic acids is 1. The van der Waals surface area contributed by atoms with Crippen molar-refractivity contribution >= 4 is 23.0 Å². The standard InChI is InChI=1S/C18H21N3O4/c1-9(2)14-13-11(15(22)19-8-18(5-6-18)17(23)24)7-12(10-3-4-10)20-16(13)25-21-14/h7,9-10H,3-6,8H2,1-2H3,(H,19,22)(H,23,24). The van der Waals surface area contributed by atoms with Crippen molar-refractivity contribution < 1.29 is 19.2 Å². The van der Waals surface area contributed by atoms with Crippen LogP contribution in [0, 0.1) is 5.41 Å². The fraction of sp³-hybridized carbons (Fsp3) is 0.556. The Bertz CT molecular complexity index is 863. The molecule has 7 heteroatoms. The number of carbonyl (C=O) groups is 2. The maximum absolute atomic E-state index is 12.8. The highest BCUT2D eigenvalue weighted by atomic mass is 16.5. The molecule has 4 rings (SSSR count). The number of amides is 1. The molecule has 7 nitrogen and oxygen atoms in total. The van der Waals surface area contributed by atoms with Crippen LogP contribution in [0.4, 0.5) is 0 Å². The fourth-order valence-corrected chi connectivity index (χ4v) is 3.12. The summed E-state index contributed by atoms with van der Waals surface area (Å²) in [4.78, 5) is 28.7. The topological polar surface area (TPSA) is 105 Å². The summed E-state index contributed by atoms with van der Waals surface area (Å²) in [6, 6.07) is 1.82. The molecule has 2 aromatic heterocycles. The van der Waals surface area contributed by atoms with Crippen LogP contribution in [-0.4, -0.2) is 33.7 Å². The van der Waals surface area contributed by atoms with Crippen molar-refractivity contribution in [1.29, 1.82) is 0 Å². The van der Waals surface area contributed by atoms with Gasteiger partial charge in [-0.25, -0.2) is 4.98 Å². The summed E-state index contributed by atoms with van der Waals surface area (Å²) < 4.78 is 5.38. The quantitative estimate of drug-likeness (QED) is 0.835. The molecule has 2 fully saturated rings. The van der Waals surface area contributed by atoms with E-state index in [4.69, 9.17) is 4.52 Å². The number of aromatic nitrogens is 2. The van der Waals surface area contributed by atoms with Crippen molar-refractivity contribution in [3.05, 3.63) is 23.0 Å². The van der Waals surface area contributed by atoms with Gasteiger partial charge in [-0.05, 0) is 37.7 Å². The predicted molar refractivity (Wildman–Crippen MR) is 89.5 cm³/mol. The van der Waals surface area contributed by atoms with Crippen molar-refractivity contribution in [3.63, 3.8) is 0 Å². The number of rotatable bonds is 6. The van der Waals surface area contributed by atoms with Gasteiger partial charge in [0.05, 0.1) is 22.1 Å². The van der Waals surface area contributed by atoms with Crippen LogP contribution < -0.4 is 5.32 Å². The first kappa shape index (κ1) is 16.1. The van der Waals surface area contributed by atoms with Crippen LogP contribution in [0.3, 0.4) is 0 Å². The SMILES string of the molecule is CC(C)c1noc2nc(C3CC3)cc(C(=O)NCC3(C(=O)O)CC3)c12. The molecule has 25 heavy (non-hydrogen) atoms. The maximum Gasteiger partial charge on any atom is 0.311 e. The molecule has 1 amide bonds. The van der Waals surface area contributed by atoms with E-state index in [0.29, 0.717) is 41.1 Å². The van der Waals surface area contributed by atoms with E-state index >= 15 is 0 Å². The van der Waals surface area contributed by atoms with Crippen molar-refractivity contribution in [3.8, 4) is 0 Å². The van der Waals surface area contributed by atoms with Crippen molar-refractivity contribution in [2.75, 3.05) is 6.54 Å². The maximum atomic E-state index is 12.8. The summed E-state index contributed by atoms with van der Waals surface area (Å²) in [5, 5.41) is 16.8. The zero-order chi connectivity index (χ0) is 17.8. The number of pyridine rings is 1. The lowest BCUT2D eigenvalue weighted by Crippen LogP contribution is -2.34. The molecular weight excluding hydrogens is 322 g/mol. The largest absolute Gasteiger partial charge is 0.481 e. The molecule has 0 spiro atoms. The van der Waals surface area contributed by atoms with Crippen molar-refractivity contribution in [2.45, 2.75) is 51.4 Å². The summed E-state index contributed by atoms with van der Waals surface area (Å²) in [5.74, 6) is -0.668. The number of aliphatic carboxylic acids is 1. The summed E-state index contributed by atoms with van der Waals surface area (Å²) in [6.45, 7) is 4.11. The van der Waals surface area contributed by atoms with Gasteiger partial charge in [0.15, 0.2) is 0 Å². The lowest BCUT2D eigenvalue weighted by atomic mass is 10.0. The number of hydrogen-bond donors (Lipinski definition) is 2. The molecule has 0 unspecified atom stereocenters. The van der Waals surface area contributed by atoms with E-state index in [9.17, 15) is 14.7 Å². The Morgan fingerprint density at radius 1 is 1.40 bits per heavy atom. The van der Waals surface area contributed by atoms with Gasteiger partial charge in [-0.15, -0.1) is 0 Å². The van der Waals surface area contributed by atoms with Crippen LogP contribution in [0.1, 0.15) is 73.1 Å². The third-order valence-corrected chi connectivity index (χ3v) is 5.17.